The first-order valence-electron chi connectivity index (χ1n) is 9.58. The minimum Gasteiger partial charge on any atom is -0.488 e. The largest absolute Gasteiger partial charge is 0.488 e. The van der Waals surface area contributed by atoms with Gasteiger partial charge < -0.3 is 14.8 Å². The van der Waals surface area contributed by atoms with Crippen molar-refractivity contribution in [2.75, 3.05) is 6.54 Å². The maximum Gasteiger partial charge on any atom is 0.223 e. The van der Waals surface area contributed by atoms with Gasteiger partial charge in [0.15, 0.2) is 0 Å². The monoisotopic (exact) mass is 351 g/mol. The average Bonchev–Trinajstić information content (AvgIpc) is 3.10. The van der Waals surface area contributed by atoms with Crippen LogP contribution in [0.5, 0.6) is 17.2 Å². The van der Waals surface area contributed by atoms with Crippen molar-refractivity contribution in [3.63, 3.8) is 0 Å². The van der Waals surface area contributed by atoms with Crippen LogP contribution in [0.25, 0.3) is 0 Å². The molecule has 1 saturated carbocycles. The highest BCUT2D eigenvalue weighted by molar-refractivity contribution is 5.78. The van der Waals surface area contributed by atoms with Crippen molar-refractivity contribution in [1.29, 1.82) is 0 Å². The van der Waals surface area contributed by atoms with Crippen molar-refractivity contribution >= 4 is 5.91 Å². The Bertz CT molecular complexity index is 753. The van der Waals surface area contributed by atoms with E-state index in [1.54, 1.807) is 0 Å². The van der Waals surface area contributed by atoms with Gasteiger partial charge in [-0.1, -0.05) is 37.5 Å². The molecule has 1 atom stereocenters. The normalized spacial score (nSPS) is 19.5. The Morgan fingerprint density at radius 3 is 2.65 bits per heavy atom. The Morgan fingerprint density at radius 2 is 1.85 bits per heavy atom. The van der Waals surface area contributed by atoms with Gasteiger partial charge in [-0.25, -0.2) is 0 Å². The van der Waals surface area contributed by atoms with Gasteiger partial charge in [-0.15, -0.1) is 0 Å². The molecule has 2 aromatic rings. The molecule has 0 radical (unpaired) electrons. The first-order valence-corrected chi connectivity index (χ1v) is 9.58. The lowest BCUT2D eigenvalue weighted by Gasteiger charge is -2.21. The van der Waals surface area contributed by atoms with Crippen molar-refractivity contribution in [2.24, 2.45) is 5.92 Å². The zero-order chi connectivity index (χ0) is 17.8. The van der Waals surface area contributed by atoms with Crippen molar-refractivity contribution in [3.8, 4) is 17.2 Å². The molecule has 1 fully saturated rings. The molecule has 0 bridgehead atoms. The molecule has 4 rings (SSSR count). The van der Waals surface area contributed by atoms with Gasteiger partial charge in [-0.05, 0) is 43.2 Å². The molecule has 0 unspecified atom stereocenters. The summed E-state index contributed by atoms with van der Waals surface area (Å²) >= 11 is 0. The molecular formula is C22H25NO3. The van der Waals surface area contributed by atoms with E-state index in [0.717, 1.165) is 42.1 Å². The number of benzene rings is 2. The molecule has 0 saturated heterocycles. The van der Waals surface area contributed by atoms with Gasteiger partial charge in [-0.2, -0.15) is 0 Å². The van der Waals surface area contributed by atoms with Crippen LogP contribution in [-0.4, -0.2) is 18.6 Å². The fourth-order valence-corrected chi connectivity index (χ4v) is 3.82. The summed E-state index contributed by atoms with van der Waals surface area (Å²) in [5.74, 6) is 2.91. The van der Waals surface area contributed by atoms with E-state index in [0.29, 0.717) is 6.54 Å². The van der Waals surface area contributed by atoms with Crippen LogP contribution in [0.3, 0.4) is 0 Å². The highest BCUT2D eigenvalue weighted by atomic mass is 16.5. The van der Waals surface area contributed by atoms with E-state index in [2.05, 4.69) is 5.32 Å². The zero-order valence-electron chi connectivity index (χ0n) is 14.9. The molecule has 1 aliphatic carbocycles. The van der Waals surface area contributed by atoms with E-state index >= 15 is 0 Å². The van der Waals surface area contributed by atoms with Gasteiger partial charge in [0.2, 0.25) is 5.91 Å². The van der Waals surface area contributed by atoms with Crippen LogP contribution in [0, 0.1) is 5.92 Å². The number of fused-ring (bicyclic) bond motifs is 1. The standard InChI is InChI=1S/C22H25NO3/c24-22(16-7-3-1-4-8-16)23-15-20-14-17-13-19(11-12-21(17)26-20)25-18-9-5-2-6-10-18/h2,5-6,9-13,16,20H,1,3-4,7-8,14-15H2,(H,23,24)/t20-/m1/s1. The second-order valence-electron chi connectivity index (χ2n) is 7.21. The molecule has 0 spiro atoms. The molecule has 4 nitrogen and oxygen atoms in total. The highest BCUT2D eigenvalue weighted by Crippen LogP contribution is 2.33. The fourth-order valence-electron chi connectivity index (χ4n) is 3.82. The zero-order valence-corrected chi connectivity index (χ0v) is 14.9. The molecule has 136 valence electrons. The van der Waals surface area contributed by atoms with Gasteiger partial charge in [0, 0.05) is 17.9 Å². The van der Waals surface area contributed by atoms with Crippen LogP contribution >= 0.6 is 0 Å². The first-order chi connectivity index (χ1) is 12.8. The Morgan fingerprint density at radius 1 is 1.04 bits per heavy atom. The van der Waals surface area contributed by atoms with Crippen molar-refractivity contribution < 1.29 is 14.3 Å². The number of nitrogens with one attached hydrogen (secondary N) is 1. The lowest BCUT2D eigenvalue weighted by atomic mass is 9.88. The molecule has 1 N–H and O–H groups in total. The van der Waals surface area contributed by atoms with E-state index in [-0.39, 0.29) is 17.9 Å². The Balaban J connectivity index is 1.31. The van der Waals surface area contributed by atoms with E-state index in [1.165, 1.54) is 19.3 Å². The Kier molecular flexibility index (Phi) is 5.09. The van der Waals surface area contributed by atoms with Crippen molar-refractivity contribution in [2.45, 2.75) is 44.6 Å². The van der Waals surface area contributed by atoms with E-state index in [4.69, 9.17) is 9.47 Å². The molecule has 26 heavy (non-hydrogen) atoms. The second-order valence-corrected chi connectivity index (χ2v) is 7.21. The number of ether oxygens (including phenoxy) is 2. The summed E-state index contributed by atoms with van der Waals surface area (Å²) in [5.41, 5.74) is 1.13. The van der Waals surface area contributed by atoms with Crippen LogP contribution in [0.4, 0.5) is 0 Å². The van der Waals surface area contributed by atoms with Gasteiger partial charge in [0.25, 0.3) is 0 Å². The van der Waals surface area contributed by atoms with Crippen LogP contribution in [-0.2, 0) is 11.2 Å². The van der Waals surface area contributed by atoms with Crippen molar-refractivity contribution in [3.05, 3.63) is 54.1 Å². The van der Waals surface area contributed by atoms with E-state index < -0.39 is 0 Å². The minimum atomic E-state index is 0.00418. The van der Waals surface area contributed by atoms with E-state index in [9.17, 15) is 4.79 Å². The number of hydrogen-bond donors (Lipinski definition) is 1. The quantitative estimate of drug-likeness (QED) is 0.864. The lowest BCUT2D eigenvalue weighted by molar-refractivity contribution is -0.126. The predicted octanol–water partition coefficient (Wildman–Crippen LogP) is 4.48. The summed E-state index contributed by atoms with van der Waals surface area (Å²) in [6, 6.07) is 15.7. The molecule has 0 aromatic heterocycles. The van der Waals surface area contributed by atoms with Gasteiger partial charge in [-0.3, -0.25) is 4.79 Å². The Hall–Kier alpha value is -2.49. The van der Waals surface area contributed by atoms with Gasteiger partial charge in [0.05, 0.1) is 6.54 Å². The lowest BCUT2D eigenvalue weighted by Crippen LogP contribution is -2.38. The molecule has 1 aliphatic heterocycles. The third-order valence-corrected chi connectivity index (χ3v) is 5.23. The van der Waals surface area contributed by atoms with Crippen LogP contribution < -0.4 is 14.8 Å². The summed E-state index contributed by atoms with van der Waals surface area (Å²) in [7, 11) is 0. The summed E-state index contributed by atoms with van der Waals surface area (Å²) in [6.07, 6.45) is 6.46. The van der Waals surface area contributed by atoms with Crippen LogP contribution in [0.2, 0.25) is 0 Å². The highest BCUT2D eigenvalue weighted by Gasteiger charge is 2.26. The second kappa shape index (κ2) is 7.81. The third-order valence-electron chi connectivity index (χ3n) is 5.23. The molecule has 4 heteroatoms. The fraction of sp³-hybridized carbons (Fsp3) is 0.409. The number of para-hydroxylation sites is 1. The average molecular weight is 351 g/mol. The number of hydrogen-bond acceptors (Lipinski definition) is 3. The number of amides is 1. The maximum atomic E-state index is 12.3. The third kappa shape index (κ3) is 4.01. The summed E-state index contributed by atoms with van der Waals surface area (Å²) in [6.45, 7) is 0.568. The molecule has 1 amide bonds. The van der Waals surface area contributed by atoms with E-state index in [1.807, 2.05) is 48.5 Å². The van der Waals surface area contributed by atoms with Gasteiger partial charge >= 0.3 is 0 Å². The molecule has 2 aromatic carbocycles. The van der Waals surface area contributed by atoms with Crippen LogP contribution in [0.1, 0.15) is 37.7 Å². The number of rotatable bonds is 5. The summed E-state index contributed by atoms with van der Waals surface area (Å²) in [4.78, 5) is 12.3. The Labute approximate surface area is 154 Å². The summed E-state index contributed by atoms with van der Waals surface area (Å²) in [5, 5.41) is 3.09. The molecular weight excluding hydrogens is 326 g/mol. The molecule has 1 heterocycles. The van der Waals surface area contributed by atoms with Crippen molar-refractivity contribution in [1.82, 2.24) is 5.32 Å². The smallest absolute Gasteiger partial charge is 0.223 e. The number of carbonyl (C=O) groups excluding carboxylic acids is 1. The van der Waals surface area contributed by atoms with Gasteiger partial charge in [0.1, 0.15) is 23.4 Å². The minimum absolute atomic E-state index is 0.00418. The maximum absolute atomic E-state index is 12.3. The molecule has 2 aliphatic rings. The van der Waals surface area contributed by atoms with Crippen LogP contribution in [0.15, 0.2) is 48.5 Å². The predicted molar refractivity (Wildman–Crippen MR) is 101 cm³/mol. The summed E-state index contributed by atoms with van der Waals surface area (Å²) < 4.78 is 11.9. The first kappa shape index (κ1) is 17.0. The SMILES string of the molecule is O=C(NC[C@H]1Cc2cc(Oc3ccccc3)ccc2O1)C1CCCCC1. The topological polar surface area (TPSA) is 47.6 Å². The number of carbonyl (C=O) groups is 1.